The van der Waals surface area contributed by atoms with Crippen molar-refractivity contribution >= 4 is 11.3 Å². The van der Waals surface area contributed by atoms with Crippen molar-refractivity contribution in [2.45, 2.75) is 25.4 Å². The van der Waals surface area contributed by atoms with Gasteiger partial charge < -0.3 is 9.47 Å². The molecule has 3 saturated heterocycles. The molecule has 3 fully saturated rings. The molecular weight excluding hydrogens is 296 g/mol. The van der Waals surface area contributed by atoms with E-state index in [1.54, 1.807) is 0 Å². The maximum atomic E-state index is 6.00. The van der Waals surface area contributed by atoms with Crippen molar-refractivity contribution in [1.29, 1.82) is 0 Å². The molecule has 0 aliphatic carbocycles. The third-order valence-corrected chi connectivity index (χ3v) is 6.23. The third kappa shape index (κ3) is 3.24. The Morgan fingerprint density at radius 3 is 3.05 bits per heavy atom. The number of nitrogens with zero attached hydrogens (tertiary/aromatic N) is 2. The van der Waals surface area contributed by atoms with Crippen LogP contribution in [0.1, 0.15) is 17.7 Å². The lowest BCUT2D eigenvalue weighted by molar-refractivity contribution is 0.0685. The second-order valence-electron chi connectivity index (χ2n) is 7.08. The molecule has 1 spiro atoms. The molecular formula is C17H26N2O2S. The Balaban J connectivity index is 1.41. The first-order valence-electron chi connectivity index (χ1n) is 8.47. The molecule has 0 amide bonds. The Morgan fingerprint density at radius 1 is 1.23 bits per heavy atom. The van der Waals surface area contributed by atoms with Gasteiger partial charge in [0.25, 0.3) is 0 Å². The Labute approximate surface area is 137 Å². The highest BCUT2D eigenvalue weighted by Crippen LogP contribution is 2.35. The van der Waals surface area contributed by atoms with Crippen LogP contribution in [0.15, 0.2) is 17.5 Å². The molecule has 4 rings (SSSR count). The summed E-state index contributed by atoms with van der Waals surface area (Å²) in [4.78, 5) is 6.74. The summed E-state index contributed by atoms with van der Waals surface area (Å²) in [6.07, 6.45) is 2.46. The second kappa shape index (κ2) is 6.57. The third-order valence-electron chi connectivity index (χ3n) is 5.37. The van der Waals surface area contributed by atoms with E-state index in [4.69, 9.17) is 9.47 Å². The summed E-state index contributed by atoms with van der Waals surface area (Å²) in [6.45, 7) is 9.38. The second-order valence-corrected chi connectivity index (χ2v) is 8.11. The topological polar surface area (TPSA) is 24.9 Å². The predicted molar refractivity (Wildman–Crippen MR) is 88.3 cm³/mol. The van der Waals surface area contributed by atoms with Gasteiger partial charge in [0.2, 0.25) is 0 Å². The molecule has 0 radical (unpaired) electrons. The van der Waals surface area contributed by atoms with Crippen molar-refractivity contribution in [3.63, 3.8) is 0 Å². The average molecular weight is 322 g/mol. The SMILES string of the molecule is c1csc(CN2CCC3(COCCN(C4CCOC4)C3)C2)c1. The van der Waals surface area contributed by atoms with Crippen molar-refractivity contribution < 1.29 is 9.47 Å². The van der Waals surface area contributed by atoms with Crippen LogP contribution >= 0.6 is 11.3 Å². The molecule has 2 atom stereocenters. The maximum Gasteiger partial charge on any atom is 0.0622 e. The Hall–Kier alpha value is -0.460. The van der Waals surface area contributed by atoms with Crippen molar-refractivity contribution in [3.8, 4) is 0 Å². The molecule has 4 nitrogen and oxygen atoms in total. The highest BCUT2D eigenvalue weighted by atomic mass is 32.1. The molecule has 0 saturated carbocycles. The van der Waals surface area contributed by atoms with E-state index in [0.717, 1.165) is 39.5 Å². The van der Waals surface area contributed by atoms with Crippen molar-refractivity contribution in [2.75, 3.05) is 52.6 Å². The molecule has 0 bridgehead atoms. The van der Waals surface area contributed by atoms with Crippen LogP contribution in [0.4, 0.5) is 0 Å². The molecule has 3 aliphatic heterocycles. The van der Waals surface area contributed by atoms with Gasteiger partial charge >= 0.3 is 0 Å². The summed E-state index contributed by atoms with van der Waals surface area (Å²) >= 11 is 1.87. The monoisotopic (exact) mass is 322 g/mol. The van der Waals surface area contributed by atoms with E-state index in [0.29, 0.717) is 11.5 Å². The molecule has 1 aromatic rings. The van der Waals surface area contributed by atoms with Gasteiger partial charge in [-0.1, -0.05) is 6.07 Å². The first kappa shape index (κ1) is 15.1. The van der Waals surface area contributed by atoms with Gasteiger partial charge in [0.1, 0.15) is 0 Å². The van der Waals surface area contributed by atoms with Crippen LogP contribution in [0, 0.1) is 5.41 Å². The zero-order chi connectivity index (χ0) is 14.8. The van der Waals surface area contributed by atoms with E-state index in [2.05, 4.69) is 27.3 Å². The van der Waals surface area contributed by atoms with Crippen LogP contribution in [0.3, 0.4) is 0 Å². The van der Waals surface area contributed by atoms with Gasteiger partial charge in [0, 0.05) is 49.1 Å². The van der Waals surface area contributed by atoms with Gasteiger partial charge in [0.15, 0.2) is 0 Å². The fourth-order valence-corrected chi connectivity index (χ4v) is 4.93. The van der Waals surface area contributed by atoms with E-state index in [9.17, 15) is 0 Å². The molecule has 4 heterocycles. The highest BCUT2D eigenvalue weighted by molar-refractivity contribution is 7.09. The van der Waals surface area contributed by atoms with Gasteiger partial charge in [-0.15, -0.1) is 11.3 Å². The molecule has 2 unspecified atom stereocenters. The normalized spacial score (nSPS) is 34.5. The van der Waals surface area contributed by atoms with E-state index in [1.807, 2.05) is 11.3 Å². The van der Waals surface area contributed by atoms with Crippen LogP contribution in [0.25, 0.3) is 0 Å². The van der Waals surface area contributed by atoms with Gasteiger partial charge in [0.05, 0.1) is 19.8 Å². The van der Waals surface area contributed by atoms with Crippen LogP contribution in [-0.4, -0.2) is 68.4 Å². The fraction of sp³-hybridized carbons (Fsp3) is 0.765. The summed E-state index contributed by atoms with van der Waals surface area (Å²) in [5, 5.41) is 2.18. The molecule has 5 heteroatoms. The zero-order valence-electron chi connectivity index (χ0n) is 13.2. The average Bonchev–Trinajstić information content (AvgIpc) is 3.23. The largest absolute Gasteiger partial charge is 0.380 e. The van der Waals surface area contributed by atoms with Gasteiger partial charge in [-0.25, -0.2) is 0 Å². The number of hydrogen-bond donors (Lipinski definition) is 0. The summed E-state index contributed by atoms with van der Waals surface area (Å²) in [6, 6.07) is 5.02. The van der Waals surface area contributed by atoms with Crippen LogP contribution in [0.5, 0.6) is 0 Å². The smallest absolute Gasteiger partial charge is 0.0622 e. The highest BCUT2D eigenvalue weighted by Gasteiger charge is 2.42. The number of ether oxygens (including phenoxy) is 2. The zero-order valence-corrected chi connectivity index (χ0v) is 14.0. The van der Waals surface area contributed by atoms with Crippen molar-refractivity contribution in [2.24, 2.45) is 5.41 Å². The van der Waals surface area contributed by atoms with Crippen molar-refractivity contribution in [1.82, 2.24) is 9.80 Å². The fourth-order valence-electron chi connectivity index (χ4n) is 4.18. The lowest BCUT2D eigenvalue weighted by atomic mass is 9.87. The quantitative estimate of drug-likeness (QED) is 0.850. The van der Waals surface area contributed by atoms with Gasteiger partial charge in [-0.05, 0) is 30.8 Å². The molecule has 22 heavy (non-hydrogen) atoms. The minimum absolute atomic E-state index is 0.330. The Kier molecular flexibility index (Phi) is 4.51. The Morgan fingerprint density at radius 2 is 2.23 bits per heavy atom. The first-order chi connectivity index (χ1) is 10.8. The summed E-state index contributed by atoms with van der Waals surface area (Å²) in [7, 11) is 0. The van der Waals surface area contributed by atoms with Gasteiger partial charge in [-0.3, -0.25) is 9.80 Å². The number of rotatable bonds is 3. The minimum atomic E-state index is 0.330. The minimum Gasteiger partial charge on any atom is -0.380 e. The summed E-state index contributed by atoms with van der Waals surface area (Å²) in [5.74, 6) is 0. The lowest BCUT2D eigenvalue weighted by Gasteiger charge is -2.34. The van der Waals surface area contributed by atoms with E-state index < -0.39 is 0 Å². The van der Waals surface area contributed by atoms with Crippen molar-refractivity contribution in [3.05, 3.63) is 22.4 Å². The summed E-state index contributed by atoms with van der Waals surface area (Å²) < 4.78 is 11.6. The van der Waals surface area contributed by atoms with Crippen LogP contribution < -0.4 is 0 Å². The summed E-state index contributed by atoms with van der Waals surface area (Å²) in [5.41, 5.74) is 0.330. The Bertz CT molecular complexity index is 475. The molecule has 0 aromatic carbocycles. The first-order valence-corrected chi connectivity index (χ1v) is 9.35. The predicted octanol–water partition coefficient (Wildman–Crippen LogP) is 2.06. The van der Waals surface area contributed by atoms with Crippen LogP contribution in [0.2, 0.25) is 0 Å². The number of likely N-dealkylation sites (tertiary alicyclic amines) is 1. The van der Waals surface area contributed by atoms with Gasteiger partial charge in [-0.2, -0.15) is 0 Å². The molecule has 1 aromatic heterocycles. The maximum absolute atomic E-state index is 6.00. The van der Waals surface area contributed by atoms with Crippen LogP contribution in [-0.2, 0) is 16.0 Å². The molecule has 3 aliphatic rings. The lowest BCUT2D eigenvalue weighted by Crippen LogP contribution is -2.45. The van der Waals surface area contributed by atoms with E-state index >= 15 is 0 Å². The van der Waals surface area contributed by atoms with E-state index in [1.165, 1.54) is 37.4 Å². The number of thiophene rings is 1. The molecule has 0 N–H and O–H groups in total. The number of hydrogen-bond acceptors (Lipinski definition) is 5. The standard InChI is InChI=1S/C17H26N2O2S/c1-2-16(22-9-1)10-18-5-4-17(12-18)13-19(6-8-21-14-17)15-3-7-20-11-15/h1-2,9,15H,3-8,10-14H2. The molecule has 122 valence electrons. The van der Waals surface area contributed by atoms with E-state index in [-0.39, 0.29) is 0 Å².